The Kier molecular flexibility index (Phi) is 4.32. The van der Waals surface area contributed by atoms with Crippen LogP contribution < -0.4 is 0 Å². The first-order valence-electron chi connectivity index (χ1n) is 6.46. The molecule has 0 aliphatic carbocycles. The van der Waals surface area contributed by atoms with Crippen molar-refractivity contribution in [2.45, 2.75) is 31.7 Å². The quantitative estimate of drug-likeness (QED) is 0.922. The molecule has 20 heavy (non-hydrogen) atoms. The summed E-state index contributed by atoms with van der Waals surface area (Å²) in [6, 6.07) is 2.48. The fourth-order valence-corrected chi connectivity index (χ4v) is 2.44. The van der Waals surface area contributed by atoms with Gasteiger partial charge < -0.3 is 10.0 Å². The topological polar surface area (TPSA) is 57.6 Å². The predicted octanol–water partition coefficient (Wildman–Crippen LogP) is 1.97. The lowest BCUT2D eigenvalue weighted by Gasteiger charge is -2.33. The summed E-state index contributed by atoms with van der Waals surface area (Å²) in [6.45, 7) is 0.311. The van der Waals surface area contributed by atoms with Gasteiger partial charge in [0.25, 0.3) is 0 Å². The van der Waals surface area contributed by atoms with Gasteiger partial charge in [-0.25, -0.2) is 13.6 Å². The van der Waals surface area contributed by atoms with Crippen molar-refractivity contribution in [3.8, 4) is 0 Å². The van der Waals surface area contributed by atoms with E-state index in [1.54, 1.807) is 0 Å². The summed E-state index contributed by atoms with van der Waals surface area (Å²) in [5.41, 5.74) is -0.313. The van der Waals surface area contributed by atoms with Crippen LogP contribution in [0.25, 0.3) is 0 Å². The minimum absolute atomic E-state index is 0.311. The van der Waals surface area contributed by atoms with Crippen LogP contribution in [-0.2, 0) is 16.0 Å². The minimum Gasteiger partial charge on any atom is -0.480 e. The van der Waals surface area contributed by atoms with E-state index in [0.29, 0.717) is 19.4 Å². The lowest BCUT2D eigenvalue weighted by Crippen LogP contribution is -2.48. The van der Waals surface area contributed by atoms with Crippen LogP contribution in [0.15, 0.2) is 18.2 Å². The second kappa shape index (κ2) is 5.98. The third-order valence-corrected chi connectivity index (χ3v) is 3.50. The average molecular weight is 283 g/mol. The second-order valence-electron chi connectivity index (χ2n) is 4.81. The van der Waals surface area contributed by atoms with Crippen molar-refractivity contribution in [2.75, 3.05) is 6.54 Å². The Balaban J connectivity index is 2.16. The molecule has 1 saturated heterocycles. The number of halogens is 2. The van der Waals surface area contributed by atoms with Gasteiger partial charge in [-0.2, -0.15) is 0 Å². The zero-order valence-electron chi connectivity index (χ0n) is 10.8. The van der Waals surface area contributed by atoms with Gasteiger partial charge in [0.05, 0.1) is 6.42 Å². The van der Waals surface area contributed by atoms with Crippen molar-refractivity contribution in [1.29, 1.82) is 0 Å². The molecule has 1 atom stereocenters. The summed E-state index contributed by atoms with van der Waals surface area (Å²) in [5, 5.41) is 9.09. The molecule has 1 aliphatic rings. The first kappa shape index (κ1) is 14.4. The van der Waals surface area contributed by atoms with E-state index in [1.807, 2.05) is 0 Å². The smallest absolute Gasteiger partial charge is 0.326 e. The number of hydrogen-bond donors (Lipinski definition) is 1. The van der Waals surface area contributed by atoms with Crippen LogP contribution in [0, 0.1) is 11.6 Å². The third-order valence-electron chi connectivity index (χ3n) is 3.50. The number of rotatable bonds is 3. The summed E-state index contributed by atoms with van der Waals surface area (Å²) in [7, 11) is 0. The van der Waals surface area contributed by atoms with Gasteiger partial charge in [-0.15, -0.1) is 0 Å². The Morgan fingerprint density at radius 2 is 1.90 bits per heavy atom. The highest BCUT2D eigenvalue weighted by Gasteiger charge is 2.32. The molecule has 2 rings (SSSR count). The number of carbonyl (C=O) groups excluding carboxylic acids is 1. The molecule has 1 aliphatic heterocycles. The molecule has 1 N–H and O–H groups in total. The molecule has 1 amide bonds. The number of piperidine rings is 1. The lowest BCUT2D eigenvalue weighted by molar-refractivity contribution is -0.151. The highest BCUT2D eigenvalue weighted by Crippen LogP contribution is 2.20. The van der Waals surface area contributed by atoms with Gasteiger partial charge in [-0.3, -0.25) is 4.79 Å². The third kappa shape index (κ3) is 2.95. The van der Waals surface area contributed by atoms with Gasteiger partial charge >= 0.3 is 5.97 Å². The summed E-state index contributed by atoms with van der Waals surface area (Å²) < 4.78 is 27.0. The van der Waals surface area contributed by atoms with Gasteiger partial charge in [0.2, 0.25) is 5.91 Å². The normalized spacial score (nSPS) is 18.9. The summed E-state index contributed by atoms with van der Waals surface area (Å²) in [4.78, 5) is 24.4. The van der Waals surface area contributed by atoms with E-state index < -0.39 is 36.0 Å². The van der Waals surface area contributed by atoms with Gasteiger partial charge in [0.15, 0.2) is 0 Å². The summed E-state index contributed by atoms with van der Waals surface area (Å²) in [6.07, 6.45) is 1.35. The Morgan fingerprint density at radius 3 is 2.50 bits per heavy atom. The number of carboxylic acid groups (broad SMARTS) is 1. The van der Waals surface area contributed by atoms with E-state index in [1.165, 1.54) is 11.0 Å². The molecule has 6 heteroatoms. The zero-order valence-corrected chi connectivity index (χ0v) is 10.8. The predicted molar refractivity (Wildman–Crippen MR) is 67.0 cm³/mol. The van der Waals surface area contributed by atoms with Crippen molar-refractivity contribution in [3.05, 3.63) is 35.4 Å². The Bertz CT molecular complexity index is 513. The van der Waals surface area contributed by atoms with E-state index in [9.17, 15) is 18.4 Å². The second-order valence-corrected chi connectivity index (χ2v) is 4.81. The van der Waals surface area contributed by atoms with E-state index in [4.69, 9.17) is 5.11 Å². The van der Waals surface area contributed by atoms with Crippen molar-refractivity contribution in [3.63, 3.8) is 0 Å². The number of amides is 1. The highest BCUT2D eigenvalue weighted by atomic mass is 19.1. The molecule has 1 fully saturated rings. The van der Waals surface area contributed by atoms with Gasteiger partial charge in [0.1, 0.15) is 17.7 Å². The maximum absolute atomic E-state index is 13.5. The van der Waals surface area contributed by atoms with Gasteiger partial charge in [-0.1, -0.05) is 6.07 Å². The molecule has 0 aromatic heterocycles. The van der Waals surface area contributed by atoms with E-state index in [-0.39, 0.29) is 5.56 Å². The number of benzene rings is 1. The first-order valence-corrected chi connectivity index (χ1v) is 6.46. The van der Waals surface area contributed by atoms with Crippen LogP contribution >= 0.6 is 0 Å². The fourth-order valence-electron chi connectivity index (χ4n) is 2.44. The van der Waals surface area contributed by atoms with Crippen LogP contribution in [0.5, 0.6) is 0 Å². The molecule has 4 nitrogen and oxygen atoms in total. The van der Waals surface area contributed by atoms with Crippen LogP contribution in [0.4, 0.5) is 8.78 Å². The van der Waals surface area contributed by atoms with Crippen LogP contribution in [0.2, 0.25) is 0 Å². The number of carbonyl (C=O) groups is 2. The highest BCUT2D eigenvalue weighted by molar-refractivity contribution is 5.85. The zero-order chi connectivity index (χ0) is 14.7. The van der Waals surface area contributed by atoms with Crippen LogP contribution in [-0.4, -0.2) is 34.5 Å². The Hall–Kier alpha value is -1.98. The van der Waals surface area contributed by atoms with Gasteiger partial charge in [0, 0.05) is 12.1 Å². The monoisotopic (exact) mass is 283 g/mol. The summed E-state index contributed by atoms with van der Waals surface area (Å²) in [5.74, 6) is -3.21. The Morgan fingerprint density at radius 1 is 1.25 bits per heavy atom. The molecule has 1 aromatic carbocycles. The number of hydrogen-bond acceptors (Lipinski definition) is 2. The fraction of sp³-hybridized carbons (Fsp3) is 0.429. The van der Waals surface area contributed by atoms with Crippen molar-refractivity contribution in [2.24, 2.45) is 0 Å². The lowest BCUT2D eigenvalue weighted by atomic mass is 10.0. The molecule has 1 aromatic rings. The largest absolute Gasteiger partial charge is 0.480 e. The average Bonchev–Trinajstić information content (AvgIpc) is 2.43. The van der Waals surface area contributed by atoms with Gasteiger partial charge in [-0.05, 0) is 31.4 Å². The molecule has 1 heterocycles. The van der Waals surface area contributed by atoms with E-state index >= 15 is 0 Å². The molecule has 0 radical (unpaired) electrons. The first-order chi connectivity index (χ1) is 9.50. The number of nitrogens with zero attached hydrogens (tertiary/aromatic N) is 1. The molecule has 0 spiro atoms. The van der Waals surface area contributed by atoms with Crippen molar-refractivity contribution in [1.82, 2.24) is 4.90 Å². The molecule has 0 unspecified atom stereocenters. The van der Waals surface area contributed by atoms with E-state index in [0.717, 1.165) is 18.6 Å². The molecular weight excluding hydrogens is 268 g/mol. The maximum Gasteiger partial charge on any atom is 0.326 e. The number of aliphatic carboxylic acids is 1. The molecule has 108 valence electrons. The maximum atomic E-state index is 13.5. The molecular formula is C14H15F2NO3. The van der Waals surface area contributed by atoms with Crippen molar-refractivity contribution < 1.29 is 23.5 Å². The minimum atomic E-state index is -1.08. The van der Waals surface area contributed by atoms with Crippen LogP contribution in [0.1, 0.15) is 24.8 Å². The standard InChI is InChI=1S/C14H15F2NO3/c15-10-4-3-5-11(16)9(10)8-13(18)17-7-2-1-6-12(17)14(19)20/h3-5,12H,1-2,6-8H2,(H,19,20)/t12-/m1/s1. The van der Waals surface area contributed by atoms with Crippen LogP contribution in [0.3, 0.4) is 0 Å². The molecule has 0 saturated carbocycles. The molecule has 0 bridgehead atoms. The van der Waals surface area contributed by atoms with E-state index in [2.05, 4.69) is 0 Å². The summed E-state index contributed by atoms with van der Waals surface area (Å²) >= 11 is 0. The SMILES string of the molecule is O=C(O)[C@H]1CCCCN1C(=O)Cc1c(F)cccc1F. The van der Waals surface area contributed by atoms with Crippen molar-refractivity contribution >= 4 is 11.9 Å². The Labute approximate surface area is 115 Å². The number of likely N-dealkylation sites (tertiary alicyclic amines) is 1. The number of carboxylic acids is 1.